The number of methoxy groups -OCH3 is 1. The number of rotatable bonds is 10. The van der Waals surface area contributed by atoms with Gasteiger partial charge in [-0.3, -0.25) is 9.59 Å². The number of nitrogens with one attached hydrogen (secondary N) is 1. The second-order valence-corrected chi connectivity index (χ2v) is 10.3. The summed E-state index contributed by atoms with van der Waals surface area (Å²) in [6, 6.07) is 22.0. The van der Waals surface area contributed by atoms with Gasteiger partial charge >= 0.3 is 0 Å². The van der Waals surface area contributed by atoms with E-state index in [2.05, 4.69) is 5.32 Å². The molecule has 2 amide bonds. The third-order valence-corrected chi connectivity index (χ3v) is 7.40. The van der Waals surface area contributed by atoms with Gasteiger partial charge in [0.05, 0.1) is 13.5 Å². The van der Waals surface area contributed by atoms with Crippen molar-refractivity contribution in [2.45, 2.75) is 57.2 Å². The van der Waals surface area contributed by atoms with Crippen LogP contribution in [0.1, 0.15) is 42.4 Å². The van der Waals surface area contributed by atoms with Crippen LogP contribution < -0.4 is 10.1 Å². The van der Waals surface area contributed by atoms with Gasteiger partial charge in [-0.15, -0.1) is 0 Å². The summed E-state index contributed by atoms with van der Waals surface area (Å²) < 4.78 is 5.40. The maximum Gasteiger partial charge on any atom is 0.243 e. The van der Waals surface area contributed by atoms with E-state index >= 15 is 0 Å². The predicted octanol–water partition coefficient (Wildman–Crippen LogP) is 6.24. The third-order valence-electron chi connectivity index (χ3n) is 6.82. The van der Waals surface area contributed by atoms with Crippen LogP contribution in [-0.2, 0) is 29.0 Å². The molecule has 3 aromatic carbocycles. The van der Waals surface area contributed by atoms with Crippen LogP contribution in [-0.4, -0.2) is 35.9 Å². The van der Waals surface area contributed by atoms with E-state index in [0.29, 0.717) is 27.8 Å². The molecule has 4 rings (SSSR count). The Bertz CT molecular complexity index is 1210. The molecule has 1 N–H and O–H groups in total. The number of benzene rings is 3. The molecule has 1 saturated carbocycles. The molecule has 37 heavy (non-hydrogen) atoms. The van der Waals surface area contributed by atoms with Crippen LogP contribution in [0.15, 0.2) is 72.8 Å². The normalized spacial score (nSPS) is 14.2. The molecule has 1 fully saturated rings. The molecule has 0 aliphatic heterocycles. The Hall–Kier alpha value is -3.02. The lowest BCUT2D eigenvalue weighted by Crippen LogP contribution is -2.52. The number of nitrogens with zero attached hydrogens (tertiary/aromatic N) is 1. The van der Waals surface area contributed by atoms with Gasteiger partial charge < -0.3 is 15.0 Å². The van der Waals surface area contributed by atoms with Crippen molar-refractivity contribution in [1.29, 1.82) is 0 Å². The van der Waals surface area contributed by atoms with Gasteiger partial charge in [-0.05, 0) is 53.8 Å². The standard InChI is InChI=1S/C30H32Cl2N2O3/c1-37-26-13-7-10-22(16-26)20-34(29(35)18-23-14-15-24(31)19-27(23)32)28(17-21-8-3-2-4-9-21)30(36)33-25-11-5-6-12-25/h2-4,7-10,13-16,19,25,28H,5-6,11-12,17-18,20H2,1H3,(H,33,36). The SMILES string of the molecule is COc1cccc(CN(C(=O)Cc2ccc(Cl)cc2Cl)C(Cc2ccccc2)C(=O)NC2CCCC2)c1. The van der Waals surface area contributed by atoms with Crippen LogP contribution in [0.5, 0.6) is 5.75 Å². The minimum atomic E-state index is -0.687. The summed E-state index contributed by atoms with van der Waals surface area (Å²) >= 11 is 12.5. The summed E-state index contributed by atoms with van der Waals surface area (Å²) in [5, 5.41) is 4.16. The van der Waals surface area contributed by atoms with Gasteiger partial charge in [0, 0.05) is 29.1 Å². The first-order valence-corrected chi connectivity index (χ1v) is 13.4. The fourth-order valence-electron chi connectivity index (χ4n) is 4.82. The summed E-state index contributed by atoms with van der Waals surface area (Å²) in [6.07, 6.45) is 4.61. The summed E-state index contributed by atoms with van der Waals surface area (Å²) in [7, 11) is 1.61. The molecule has 1 unspecified atom stereocenters. The molecule has 0 bridgehead atoms. The van der Waals surface area contributed by atoms with Crippen molar-refractivity contribution >= 4 is 35.0 Å². The van der Waals surface area contributed by atoms with Crippen LogP contribution in [0.4, 0.5) is 0 Å². The van der Waals surface area contributed by atoms with E-state index in [9.17, 15) is 9.59 Å². The molecule has 1 atom stereocenters. The van der Waals surface area contributed by atoms with Crippen LogP contribution in [0.2, 0.25) is 10.0 Å². The van der Waals surface area contributed by atoms with Crippen molar-refractivity contribution in [3.63, 3.8) is 0 Å². The first kappa shape index (κ1) is 27.0. The Morgan fingerprint density at radius 1 is 0.973 bits per heavy atom. The molecule has 7 heteroatoms. The van der Waals surface area contributed by atoms with Crippen molar-refractivity contribution in [2.24, 2.45) is 0 Å². The molecule has 0 spiro atoms. The highest BCUT2D eigenvalue weighted by molar-refractivity contribution is 6.35. The molecular weight excluding hydrogens is 507 g/mol. The van der Waals surface area contributed by atoms with Gasteiger partial charge in [-0.1, -0.05) is 84.6 Å². The minimum absolute atomic E-state index is 0.0575. The monoisotopic (exact) mass is 538 g/mol. The lowest BCUT2D eigenvalue weighted by atomic mass is 10.0. The topological polar surface area (TPSA) is 58.6 Å². The van der Waals surface area contributed by atoms with Crippen LogP contribution in [0.3, 0.4) is 0 Å². The zero-order valence-electron chi connectivity index (χ0n) is 21.0. The second kappa shape index (κ2) is 13.0. The molecule has 5 nitrogen and oxygen atoms in total. The first-order chi connectivity index (χ1) is 17.9. The predicted molar refractivity (Wildman–Crippen MR) is 148 cm³/mol. The van der Waals surface area contributed by atoms with E-state index in [0.717, 1.165) is 36.8 Å². The second-order valence-electron chi connectivity index (χ2n) is 9.48. The Balaban J connectivity index is 1.68. The third kappa shape index (κ3) is 7.50. The van der Waals surface area contributed by atoms with Gasteiger partial charge in [0.25, 0.3) is 0 Å². The Labute approximate surface area is 228 Å². The minimum Gasteiger partial charge on any atom is -0.497 e. The summed E-state index contributed by atoms with van der Waals surface area (Å²) in [5.41, 5.74) is 2.53. The summed E-state index contributed by atoms with van der Waals surface area (Å²) in [6.45, 7) is 0.261. The maximum absolute atomic E-state index is 13.9. The van der Waals surface area contributed by atoms with E-state index in [-0.39, 0.29) is 30.8 Å². The number of ether oxygens (including phenoxy) is 1. The number of halogens is 2. The molecule has 1 aliphatic rings. The van der Waals surface area contributed by atoms with Gasteiger partial charge in [-0.2, -0.15) is 0 Å². The zero-order chi connectivity index (χ0) is 26.2. The molecule has 0 aromatic heterocycles. The fourth-order valence-corrected chi connectivity index (χ4v) is 5.29. The average Bonchev–Trinajstić information content (AvgIpc) is 3.41. The number of carbonyl (C=O) groups is 2. The zero-order valence-corrected chi connectivity index (χ0v) is 22.5. The van der Waals surface area contributed by atoms with Crippen LogP contribution in [0.25, 0.3) is 0 Å². The van der Waals surface area contributed by atoms with Crippen molar-refractivity contribution in [3.8, 4) is 5.75 Å². The van der Waals surface area contributed by atoms with E-state index in [1.165, 1.54) is 0 Å². The molecular formula is C30H32Cl2N2O3. The molecule has 3 aromatic rings. The lowest BCUT2D eigenvalue weighted by Gasteiger charge is -2.32. The van der Waals surface area contributed by atoms with Crippen LogP contribution >= 0.6 is 23.2 Å². The Morgan fingerprint density at radius 3 is 2.41 bits per heavy atom. The van der Waals surface area contributed by atoms with Crippen LogP contribution in [0, 0.1) is 0 Å². The molecule has 0 heterocycles. The lowest BCUT2D eigenvalue weighted by molar-refractivity contribution is -0.141. The molecule has 1 aliphatic carbocycles. The first-order valence-electron chi connectivity index (χ1n) is 12.6. The maximum atomic E-state index is 13.9. The van der Waals surface area contributed by atoms with E-state index in [1.807, 2.05) is 54.6 Å². The van der Waals surface area contributed by atoms with E-state index < -0.39 is 6.04 Å². The largest absolute Gasteiger partial charge is 0.497 e. The van der Waals surface area contributed by atoms with E-state index in [4.69, 9.17) is 27.9 Å². The summed E-state index contributed by atoms with van der Waals surface area (Å²) in [5.74, 6) is 0.379. The fraction of sp³-hybridized carbons (Fsp3) is 0.333. The number of hydrogen-bond donors (Lipinski definition) is 1. The van der Waals surface area contributed by atoms with E-state index in [1.54, 1.807) is 30.2 Å². The number of amides is 2. The van der Waals surface area contributed by atoms with Crippen molar-refractivity contribution in [1.82, 2.24) is 10.2 Å². The van der Waals surface area contributed by atoms with Crippen molar-refractivity contribution in [3.05, 3.63) is 99.5 Å². The number of hydrogen-bond acceptors (Lipinski definition) is 3. The highest BCUT2D eigenvalue weighted by atomic mass is 35.5. The summed E-state index contributed by atoms with van der Waals surface area (Å²) in [4.78, 5) is 29.3. The van der Waals surface area contributed by atoms with Gasteiger partial charge in [0.2, 0.25) is 11.8 Å². The van der Waals surface area contributed by atoms with Crippen molar-refractivity contribution in [2.75, 3.05) is 7.11 Å². The molecule has 0 radical (unpaired) electrons. The molecule has 194 valence electrons. The Morgan fingerprint density at radius 2 is 1.70 bits per heavy atom. The highest BCUT2D eigenvalue weighted by Gasteiger charge is 2.32. The van der Waals surface area contributed by atoms with Gasteiger partial charge in [0.1, 0.15) is 11.8 Å². The van der Waals surface area contributed by atoms with Gasteiger partial charge in [-0.25, -0.2) is 0 Å². The highest BCUT2D eigenvalue weighted by Crippen LogP contribution is 2.25. The smallest absolute Gasteiger partial charge is 0.243 e. The van der Waals surface area contributed by atoms with Crippen molar-refractivity contribution < 1.29 is 14.3 Å². The Kier molecular flexibility index (Phi) is 9.48. The van der Waals surface area contributed by atoms with Gasteiger partial charge in [0.15, 0.2) is 0 Å². The molecule has 0 saturated heterocycles. The average molecular weight is 540 g/mol. The quantitative estimate of drug-likeness (QED) is 0.332. The number of carbonyl (C=O) groups excluding carboxylic acids is 2.